The molecule has 1 aromatic carbocycles. The molecular formula is C16H17NOS. The first-order chi connectivity index (χ1) is 9.13. The normalized spacial score (nSPS) is 14.3. The second-order valence-corrected chi connectivity index (χ2v) is 6.37. The summed E-state index contributed by atoms with van der Waals surface area (Å²) in [7, 11) is 0. The van der Waals surface area contributed by atoms with Crippen molar-refractivity contribution >= 4 is 17.2 Å². The van der Waals surface area contributed by atoms with Crippen molar-refractivity contribution in [1.82, 2.24) is 4.90 Å². The van der Waals surface area contributed by atoms with E-state index in [0.717, 1.165) is 19.5 Å². The molecule has 2 nitrogen and oxygen atoms in total. The summed E-state index contributed by atoms with van der Waals surface area (Å²) in [4.78, 5) is 16.1. The predicted molar refractivity (Wildman–Crippen MR) is 79.3 cm³/mol. The Hall–Kier alpha value is -1.61. The highest BCUT2D eigenvalue weighted by atomic mass is 32.1. The van der Waals surface area contributed by atoms with Gasteiger partial charge in [0, 0.05) is 29.8 Å². The SMILES string of the molecule is CC(=O)N1CCc2ccc(-c3ccc(C)s3)cc2C1. The van der Waals surface area contributed by atoms with E-state index in [9.17, 15) is 4.79 Å². The minimum atomic E-state index is 0.169. The van der Waals surface area contributed by atoms with Crippen LogP contribution in [0.3, 0.4) is 0 Å². The minimum Gasteiger partial charge on any atom is -0.338 e. The van der Waals surface area contributed by atoms with Gasteiger partial charge in [-0.1, -0.05) is 12.1 Å². The van der Waals surface area contributed by atoms with E-state index in [0.29, 0.717) is 0 Å². The van der Waals surface area contributed by atoms with Crippen molar-refractivity contribution in [2.24, 2.45) is 0 Å². The van der Waals surface area contributed by atoms with Crippen LogP contribution in [0.15, 0.2) is 30.3 Å². The molecule has 0 N–H and O–H groups in total. The van der Waals surface area contributed by atoms with E-state index in [4.69, 9.17) is 0 Å². The van der Waals surface area contributed by atoms with Crippen molar-refractivity contribution in [3.63, 3.8) is 0 Å². The van der Waals surface area contributed by atoms with Crippen molar-refractivity contribution in [1.29, 1.82) is 0 Å². The Morgan fingerprint density at radius 1 is 1.21 bits per heavy atom. The average Bonchev–Trinajstić information content (AvgIpc) is 2.84. The molecule has 0 saturated carbocycles. The molecule has 3 rings (SSSR count). The van der Waals surface area contributed by atoms with Crippen LogP contribution < -0.4 is 0 Å². The van der Waals surface area contributed by atoms with Gasteiger partial charge in [0.25, 0.3) is 0 Å². The fourth-order valence-corrected chi connectivity index (χ4v) is 3.43. The molecule has 3 heteroatoms. The number of nitrogens with zero attached hydrogens (tertiary/aromatic N) is 1. The van der Waals surface area contributed by atoms with Crippen LogP contribution in [-0.4, -0.2) is 17.4 Å². The molecule has 0 spiro atoms. The number of benzene rings is 1. The molecule has 0 radical (unpaired) electrons. The average molecular weight is 271 g/mol. The van der Waals surface area contributed by atoms with Crippen molar-refractivity contribution in [2.45, 2.75) is 26.8 Å². The number of hydrogen-bond donors (Lipinski definition) is 0. The number of amides is 1. The lowest BCUT2D eigenvalue weighted by molar-refractivity contribution is -0.129. The number of thiophene rings is 1. The Morgan fingerprint density at radius 3 is 2.74 bits per heavy atom. The van der Waals surface area contributed by atoms with E-state index >= 15 is 0 Å². The lowest BCUT2D eigenvalue weighted by atomic mass is 9.97. The van der Waals surface area contributed by atoms with Crippen molar-refractivity contribution in [3.8, 4) is 10.4 Å². The van der Waals surface area contributed by atoms with Crippen LogP contribution in [0.4, 0.5) is 0 Å². The molecule has 2 heterocycles. The topological polar surface area (TPSA) is 20.3 Å². The zero-order valence-corrected chi connectivity index (χ0v) is 12.1. The van der Waals surface area contributed by atoms with Gasteiger partial charge in [0.1, 0.15) is 0 Å². The van der Waals surface area contributed by atoms with Gasteiger partial charge in [-0.15, -0.1) is 11.3 Å². The molecule has 1 amide bonds. The molecule has 0 fully saturated rings. The number of carbonyl (C=O) groups excluding carboxylic acids is 1. The van der Waals surface area contributed by atoms with Crippen LogP contribution >= 0.6 is 11.3 Å². The zero-order chi connectivity index (χ0) is 13.4. The highest BCUT2D eigenvalue weighted by Gasteiger charge is 2.18. The van der Waals surface area contributed by atoms with Gasteiger partial charge in [0.05, 0.1) is 0 Å². The van der Waals surface area contributed by atoms with Crippen molar-refractivity contribution in [3.05, 3.63) is 46.3 Å². The number of carbonyl (C=O) groups is 1. The van der Waals surface area contributed by atoms with Gasteiger partial charge < -0.3 is 4.90 Å². The van der Waals surface area contributed by atoms with Gasteiger partial charge in [-0.05, 0) is 48.2 Å². The summed E-state index contributed by atoms with van der Waals surface area (Å²) in [5.74, 6) is 0.169. The Kier molecular flexibility index (Phi) is 3.15. The van der Waals surface area contributed by atoms with Crippen LogP contribution in [0.25, 0.3) is 10.4 Å². The summed E-state index contributed by atoms with van der Waals surface area (Å²) < 4.78 is 0. The second-order valence-electron chi connectivity index (χ2n) is 5.08. The van der Waals surface area contributed by atoms with E-state index in [1.807, 2.05) is 16.2 Å². The fraction of sp³-hybridized carbons (Fsp3) is 0.312. The Bertz CT molecular complexity index is 629. The van der Waals surface area contributed by atoms with Gasteiger partial charge in [0.2, 0.25) is 5.91 Å². The lowest BCUT2D eigenvalue weighted by Gasteiger charge is -2.28. The van der Waals surface area contributed by atoms with E-state index in [1.165, 1.54) is 26.4 Å². The van der Waals surface area contributed by atoms with Crippen molar-refractivity contribution < 1.29 is 4.79 Å². The lowest BCUT2D eigenvalue weighted by Crippen LogP contribution is -2.34. The van der Waals surface area contributed by atoms with Gasteiger partial charge >= 0.3 is 0 Å². The molecule has 0 unspecified atom stereocenters. The van der Waals surface area contributed by atoms with E-state index in [2.05, 4.69) is 37.3 Å². The molecule has 1 aromatic heterocycles. The monoisotopic (exact) mass is 271 g/mol. The summed E-state index contributed by atoms with van der Waals surface area (Å²) in [6.45, 7) is 5.38. The van der Waals surface area contributed by atoms with Gasteiger partial charge in [-0.2, -0.15) is 0 Å². The standard InChI is InChI=1S/C16H17NOS/c1-11-3-6-16(19-11)14-5-4-13-7-8-17(12(2)18)10-15(13)9-14/h3-6,9H,7-8,10H2,1-2H3. The third-order valence-electron chi connectivity index (χ3n) is 3.69. The van der Waals surface area contributed by atoms with Crippen LogP contribution in [0, 0.1) is 6.92 Å². The number of rotatable bonds is 1. The van der Waals surface area contributed by atoms with E-state index < -0.39 is 0 Å². The Labute approximate surface area is 117 Å². The summed E-state index contributed by atoms with van der Waals surface area (Å²) in [5, 5.41) is 0. The minimum absolute atomic E-state index is 0.169. The molecule has 1 aliphatic rings. The van der Waals surface area contributed by atoms with E-state index in [1.54, 1.807) is 6.92 Å². The van der Waals surface area contributed by atoms with Crippen LogP contribution in [0.1, 0.15) is 22.9 Å². The van der Waals surface area contributed by atoms with Gasteiger partial charge in [0.15, 0.2) is 0 Å². The molecule has 19 heavy (non-hydrogen) atoms. The Morgan fingerprint density at radius 2 is 2.05 bits per heavy atom. The summed E-state index contributed by atoms with van der Waals surface area (Å²) in [6, 6.07) is 11.0. The largest absolute Gasteiger partial charge is 0.338 e. The first-order valence-electron chi connectivity index (χ1n) is 6.57. The maximum Gasteiger partial charge on any atom is 0.219 e. The number of hydrogen-bond acceptors (Lipinski definition) is 2. The quantitative estimate of drug-likeness (QED) is 0.775. The molecule has 1 aliphatic heterocycles. The number of aryl methyl sites for hydroxylation is 1. The van der Waals surface area contributed by atoms with Crippen LogP contribution in [0.5, 0.6) is 0 Å². The first-order valence-corrected chi connectivity index (χ1v) is 7.39. The predicted octanol–water partition coefficient (Wildman–Crippen LogP) is 3.63. The first kappa shape index (κ1) is 12.4. The van der Waals surface area contributed by atoms with Crippen molar-refractivity contribution in [2.75, 3.05) is 6.54 Å². The van der Waals surface area contributed by atoms with Crippen LogP contribution in [0.2, 0.25) is 0 Å². The molecule has 0 atom stereocenters. The van der Waals surface area contributed by atoms with E-state index in [-0.39, 0.29) is 5.91 Å². The molecule has 98 valence electrons. The fourth-order valence-electron chi connectivity index (χ4n) is 2.57. The summed E-state index contributed by atoms with van der Waals surface area (Å²) in [5.41, 5.74) is 3.95. The molecule has 0 saturated heterocycles. The highest BCUT2D eigenvalue weighted by molar-refractivity contribution is 7.15. The van der Waals surface area contributed by atoms with Gasteiger partial charge in [-0.3, -0.25) is 4.79 Å². The van der Waals surface area contributed by atoms with Crippen LogP contribution in [-0.2, 0) is 17.8 Å². The number of fused-ring (bicyclic) bond motifs is 1. The van der Waals surface area contributed by atoms with Gasteiger partial charge in [-0.25, -0.2) is 0 Å². The maximum absolute atomic E-state index is 11.5. The second kappa shape index (κ2) is 4.82. The molecule has 2 aromatic rings. The summed E-state index contributed by atoms with van der Waals surface area (Å²) in [6.07, 6.45) is 0.971. The zero-order valence-electron chi connectivity index (χ0n) is 11.3. The molecule has 0 aliphatic carbocycles. The Balaban J connectivity index is 1.95. The highest BCUT2D eigenvalue weighted by Crippen LogP contribution is 2.30. The smallest absolute Gasteiger partial charge is 0.219 e. The third kappa shape index (κ3) is 2.43. The maximum atomic E-state index is 11.5. The summed E-state index contributed by atoms with van der Waals surface area (Å²) >= 11 is 1.82. The third-order valence-corrected chi connectivity index (χ3v) is 4.74. The molecule has 0 bridgehead atoms. The molecular weight excluding hydrogens is 254 g/mol.